The monoisotopic (exact) mass is 372 g/mol. The molecule has 0 N–H and O–H groups in total. The Balaban J connectivity index is 1.71. The number of hydrogen-bond donors (Lipinski definition) is 0. The number of carbonyl (C=O) groups excluding carboxylic acids is 2. The molecule has 1 aromatic carbocycles. The summed E-state index contributed by atoms with van der Waals surface area (Å²) < 4.78 is 19.6. The summed E-state index contributed by atoms with van der Waals surface area (Å²) in [6.45, 7) is 5.52. The van der Waals surface area contributed by atoms with Gasteiger partial charge in [-0.1, -0.05) is 12.1 Å². The third-order valence-electron chi connectivity index (χ3n) is 5.32. The molecule has 0 saturated carbocycles. The highest BCUT2D eigenvalue weighted by atomic mass is 19.1. The molecule has 2 unspecified atom stereocenters. The summed E-state index contributed by atoms with van der Waals surface area (Å²) in [5, 5.41) is 8.71. The predicted octanol–water partition coefficient (Wildman–Crippen LogP) is 4.25. The number of fused-ring (bicyclic) bond motifs is 2. The van der Waals surface area contributed by atoms with Gasteiger partial charge in [-0.15, -0.1) is 0 Å². The van der Waals surface area contributed by atoms with Gasteiger partial charge in [0.1, 0.15) is 11.4 Å². The van der Waals surface area contributed by atoms with Crippen LogP contribution >= 0.6 is 0 Å². The summed E-state index contributed by atoms with van der Waals surface area (Å²) in [5.74, 6) is -0.822. The number of piperidine rings is 1. The molecule has 2 aliphatic heterocycles. The quantitative estimate of drug-likeness (QED) is 0.744. The van der Waals surface area contributed by atoms with E-state index in [4.69, 9.17) is 10.00 Å². The summed E-state index contributed by atoms with van der Waals surface area (Å²) in [6, 6.07) is 6.25. The van der Waals surface area contributed by atoms with Gasteiger partial charge in [0.05, 0.1) is 12.5 Å². The smallest absolute Gasteiger partial charge is 0.410 e. The fourth-order valence-electron chi connectivity index (χ4n) is 4.17. The molecule has 2 heterocycles. The first-order valence-electron chi connectivity index (χ1n) is 9.40. The van der Waals surface area contributed by atoms with Crippen molar-refractivity contribution >= 4 is 11.9 Å². The fourth-order valence-corrected chi connectivity index (χ4v) is 4.17. The van der Waals surface area contributed by atoms with Gasteiger partial charge in [-0.25, -0.2) is 9.18 Å². The van der Waals surface area contributed by atoms with Gasteiger partial charge in [-0.05, 0) is 52.5 Å². The SMILES string of the molecule is CC(C)(C)OC(=O)N1C2CCC1CC(C(=O)c1ccc(CC#N)c(F)c1)C2. The van der Waals surface area contributed by atoms with Crippen LogP contribution in [0.15, 0.2) is 18.2 Å². The van der Waals surface area contributed by atoms with E-state index in [-0.39, 0.29) is 36.3 Å². The van der Waals surface area contributed by atoms with Gasteiger partial charge in [0.2, 0.25) is 0 Å². The molecule has 2 aliphatic rings. The molecular weight excluding hydrogens is 347 g/mol. The molecule has 1 amide bonds. The third kappa shape index (κ3) is 4.13. The Morgan fingerprint density at radius 1 is 1.26 bits per heavy atom. The van der Waals surface area contributed by atoms with Gasteiger partial charge < -0.3 is 9.64 Å². The van der Waals surface area contributed by atoms with E-state index < -0.39 is 11.4 Å². The normalized spacial score (nSPS) is 24.4. The minimum atomic E-state index is -0.550. The Bertz CT molecular complexity index is 780. The van der Waals surface area contributed by atoms with Crippen LogP contribution in [0.4, 0.5) is 9.18 Å². The number of nitriles is 1. The Morgan fingerprint density at radius 3 is 2.41 bits per heavy atom. The highest BCUT2D eigenvalue weighted by molar-refractivity contribution is 5.98. The zero-order valence-electron chi connectivity index (χ0n) is 16.0. The number of nitrogens with zero attached hydrogens (tertiary/aromatic N) is 2. The first-order valence-corrected chi connectivity index (χ1v) is 9.40. The van der Waals surface area contributed by atoms with Crippen LogP contribution < -0.4 is 0 Å². The van der Waals surface area contributed by atoms with Crippen molar-refractivity contribution in [3.8, 4) is 6.07 Å². The van der Waals surface area contributed by atoms with E-state index in [2.05, 4.69) is 0 Å². The molecule has 2 atom stereocenters. The largest absolute Gasteiger partial charge is 0.444 e. The van der Waals surface area contributed by atoms with Crippen LogP contribution in [0.5, 0.6) is 0 Å². The number of carbonyl (C=O) groups is 2. The Hall–Kier alpha value is -2.42. The summed E-state index contributed by atoms with van der Waals surface area (Å²) in [4.78, 5) is 27.2. The van der Waals surface area contributed by atoms with Crippen LogP contribution in [0.3, 0.4) is 0 Å². The van der Waals surface area contributed by atoms with Crippen molar-refractivity contribution in [2.45, 2.75) is 70.6 Å². The Labute approximate surface area is 159 Å². The molecule has 2 saturated heterocycles. The van der Waals surface area contributed by atoms with Crippen molar-refractivity contribution in [3.63, 3.8) is 0 Å². The van der Waals surface area contributed by atoms with E-state index in [0.29, 0.717) is 24.0 Å². The number of rotatable bonds is 3. The summed E-state index contributed by atoms with van der Waals surface area (Å²) in [5.41, 5.74) is 0.0875. The number of benzene rings is 1. The maximum atomic E-state index is 14.1. The lowest BCUT2D eigenvalue weighted by molar-refractivity contribution is 0.00254. The number of amides is 1. The van der Waals surface area contributed by atoms with E-state index in [1.807, 2.05) is 26.8 Å². The molecule has 3 rings (SSSR count). The zero-order valence-corrected chi connectivity index (χ0v) is 16.0. The number of ether oxygens (including phenoxy) is 1. The first kappa shape index (κ1) is 19.3. The summed E-state index contributed by atoms with van der Waals surface area (Å²) >= 11 is 0. The molecular formula is C21H25FN2O3. The van der Waals surface area contributed by atoms with Crippen LogP contribution in [0.1, 0.15) is 62.4 Å². The lowest BCUT2D eigenvalue weighted by Gasteiger charge is -2.39. The molecule has 0 spiro atoms. The van der Waals surface area contributed by atoms with Crippen LogP contribution in [0.25, 0.3) is 0 Å². The number of halogens is 1. The molecule has 5 nitrogen and oxygen atoms in total. The van der Waals surface area contributed by atoms with Crippen molar-refractivity contribution in [2.75, 3.05) is 0 Å². The van der Waals surface area contributed by atoms with E-state index in [9.17, 15) is 14.0 Å². The third-order valence-corrected chi connectivity index (χ3v) is 5.32. The maximum Gasteiger partial charge on any atom is 0.410 e. The average Bonchev–Trinajstić information content (AvgIpc) is 2.85. The van der Waals surface area contributed by atoms with Gasteiger partial charge in [0.25, 0.3) is 0 Å². The molecule has 0 aliphatic carbocycles. The molecule has 0 radical (unpaired) electrons. The molecule has 27 heavy (non-hydrogen) atoms. The van der Waals surface area contributed by atoms with Crippen LogP contribution in [-0.2, 0) is 11.2 Å². The second-order valence-corrected chi connectivity index (χ2v) is 8.45. The second kappa shape index (κ2) is 7.30. The van der Waals surface area contributed by atoms with Gasteiger partial charge in [-0.3, -0.25) is 4.79 Å². The van der Waals surface area contributed by atoms with Crippen LogP contribution in [-0.4, -0.2) is 34.5 Å². The molecule has 0 aromatic heterocycles. The first-order chi connectivity index (χ1) is 12.7. The average molecular weight is 372 g/mol. The molecule has 144 valence electrons. The van der Waals surface area contributed by atoms with Gasteiger partial charge in [-0.2, -0.15) is 5.26 Å². The van der Waals surface area contributed by atoms with Gasteiger partial charge in [0, 0.05) is 29.1 Å². The molecule has 6 heteroatoms. The van der Waals surface area contributed by atoms with Crippen molar-refractivity contribution in [1.82, 2.24) is 4.90 Å². The maximum absolute atomic E-state index is 14.1. The van der Waals surface area contributed by atoms with E-state index >= 15 is 0 Å². The van der Waals surface area contributed by atoms with Gasteiger partial charge >= 0.3 is 6.09 Å². The lowest BCUT2D eigenvalue weighted by atomic mass is 9.84. The standard InChI is InChI=1S/C21H25FN2O3/c1-21(2,3)27-20(26)24-16-6-7-17(24)11-15(10-16)19(25)14-5-4-13(8-9-23)18(22)12-14/h4-5,12,15-17H,6-8,10-11H2,1-3H3. The van der Waals surface area contributed by atoms with E-state index in [0.717, 1.165) is 12.8 Å². The zero-order chi connectivity index (χ0) is 19.8. The number of Topliss-reactive ketones (excluding diaryl/α,β-unsaturated/α-hetero) is 1. The Kier molecular flexibility index (Phi) is 5.23. The lowest BCUT2D eigenvalue weighted by Crippen LogP contribution is -2.49. The van der Waals surface area contributed by atoms with Gasteiger partial charge in [0.15, 0.2) is 5.78 Å². The molecule has 2 bridgehead atoms. The molecule has 1 aromatic rings. The van der Waals surface area contributed by atoms with Crippen LogP contribution in [0, 0.1) is 23.1 Å². The minimum Gasteiger partial charge on any atom is -0.444 e. The fraction of sp³-hybridized carbons (Fsp3) is 0.571. The molecule has 2 fully saturated rings. The number of ketones is 1. The predicted molar refractivity (Wildman–Crippen MR) is 97.7 cm³/mol. The van der Waals surface area contributed by atoms with Crippen molar-refractivity contribution < 1.29 is 18.7 Å². The Morgan fingerprint density at radius 2 is 1.89 bits per heavy atom. The van der Waals surface area contributed by atoms with E-state index in [1.54, 1.807) is 11.0 Å². The van der Waals surface area contributed by atoms with Crippen molar-refractivity contribution in [1.29, 1.82) is 5.26 Å². The summed E-state index contributed by atoms with van der Waals surface area (Å²) in [7, 11) is 0. The second-order valence-electron chi connectivity index (χ2n) is 8.45. The topological polar surface area (TPSA) is 70.4 Å². The highest BCUT2D eigenvalue weighted by Crippen LogP contribution is 2.40. The summed E-state index contributed by atoms with van der Waals surface area (Å²) in [6.07, 6.45) is 2.56. The van der Waals surface area contributed by atoms with Crippen molar-refractivity contribution in [3.05, 3.63) is 35.1 Å². The number of hydrogen-bond acceptors (Lipinski definition) is 4. The minimum absolute atomic E-state index is 0.00439. The van der Waals surface area contributed by atoms with E-state index in [1.165, 1.54) is 12.1 Å². The van der Waals surface area contributed by atoms with Crippen molar-refractivity contribution in [2.24, 2.45) is 5.92 Å². The van der Waals surface area contributed by atoms with Crippen LogP contribution in [0.2, 0.25) is 0 Å². The highest BCUT2D eigenvalue weighted by Gasteiger charge is 2.46.